The SMILES string of the molecule is COc1cc(C(=O)NCC(=O)O)ccc1Cc1cn(C(c2ccccc2)c2ccccc2)c2cc(Cl)ccc12. The number of amides is 1. The molecule has 39 heavy (non-hydrogen) atoms. The van der Waals surface area contributed by atoms with Crippen LogP contribution in [0.5, 0.6) is 5.75 Å². The van der Waals surface area contributed by atoms with E-state index in [1.165, 1.54) is 0 Å². The first-order valence-corrected chi connectivity index (χ1v) is 12.9. The zero-order valence-electron chi connectivity index (χ0n) is 21.3. The average molecular weight is 539 g/mol. The summed E-state index contributed by atoms with van der Waals surface area (Å²) >= 11 is 6.49. The molecule has 1 heterocycles. The number of nitrogens with zero attached hydrogens (tertiary/aromatic N) is 1. The number of aliphatic carboxylic acids is 1. The summed E-state index contributed by atoms with van der Waals surface area (Å²) in [6.45, 7) is -0.449. The number of hydrogen-bond acceptors (Lipinski definition) is 3. The zero-order chi connectivity index (χ0) is 27.4. The Kier molecular flexibility index (Phi) is 7.66. The summed E-state index contributed by atoms with van der Waals surface area (Å²) in [5.41, 5.74) is 5.64. The Hall–Kier alpha value is -4.55. The van der Waals surface area contributed by atoms with Crippen LogP contribution in [0.2, 0.25) is 5.02 Å². The number of rotatable bonds is 9. The second-order valence-electron chi connectivity index (χ2n) is 9.23. The van der Waals surface area contributed by atoms with Crippen LogP contribution in [0, 0.1) is 0 Å². The molecule has 0 saturated heterocycles. The van der Waals surface area contributed by atoms with Crippen molar-refractivity contribution in [1.29, 1.82) is 0 Å². The summed E-state index contributed by atoms with van der Waals surface area (Å²) in [4.78, 5) is 23.2. The smallest absolute Gasteiger partial charge is 0.322 e. The third-order valence-electron chi connectivity index (χ3n) is 6.72. The quantitative estimate of drug-likeness (QED) is 0.229. The van der Waals surface area contributed by atoms with Crippen LogP contribution in [0.3, 0.4) is 0 Å². The van der Waals surface area contributed by atoms with Crippen molar-refractivity contribution < 1.29 is 19.4 Å². The predicted octanol–water partition coefficient (Wildman–Crippen LogP) is 6.35. The van der Waals surface area contributed by atoms with E-state index in [9.17, 15) is 9.59 Å². The molecular weight excluding hydrogens is 512 g/mol. The molecular formula is C32H27ClN2O4. The monoisotopic (exact) mass is 538 g/mol. The van der Waals surface area contributed by atoms with E-state index >= 15 is 0 Å². The van der Waals surface area contributed by atoms with Crippen LogP contribution in [0.4, 0.5) is 0 Å². The van der Waals surface area contributed by atoms with Gasteiger partial charge in [-0.25, -0.2) is 0 Å². The summed E-state index contributed by atoms with van der Waals surface area (Å²) in [6, 6.07) is 31.8. The maximum atomic E-state index is 12.4. The number of halogens is 1. The highest BCUT2D eigenvalue weighted by molar-refractivity contribution is 6.31. The maximum Gasteiger partial charge on any atom is 0.322 e. The Labute approximate surface area is 231 Å². The van der Waals surface area contributed by atoms with Crippen molar-refractivity contribution in [3.8, 4) is 5.75 Å². The fourth-order valence-electron chi connectivity index (χ4n) is 4.93. The summed E-state index contributed by atoms with van der Waals surface area (Å²) in [6.07, 6.45) is 2.72. The second-order valence-corrected chi connectivity index (χ2v) is 9.66. The standard InChI is InChI=1S/C32H27ClN2O4/c1-39-29-17-24(32(38)34-19-30(36)37)13-12-23(29)16-25-20-35(28-18-26(33)14-15-27(25)28)31(21-8-4-2-5-9-21)22-10-6-3-7-11-22/h2-15,17-18,20,31H,16,19H2,1H3,(H,34,38)(H,36,37). The van der Waals surface area contributed by atoms with Gasteiger partial charge < -0.3 is 19.7 Å². The van der Waals surface area contributed by atoms with Gasteiger partial charge in [-0.05, 0) is 46.5 Å². The third-order valence-corrected chi connectivity index (χ3v) is 6.95. The molecule has 0 unspecified atom stereocenters. The molecule has 0 radical (unpaired) electrons. The minimum absolute atomic E-state index is 0.0654. The molecule has 4 aromatic carbocycles. The lowest BCUT2D eigenvalue weighted by Crippen LogP contribution is -2.29. The summed E-state index contributed by atoms with van der Waals surface area (Å²) < 4.78 is 7.90. The number of nitrogens with one attached hydrogen (secondary N) is 1. The molecule has 0 atom stereocenters. The Bertz CT molecular complexity index is 1590. The number of carboxylic acids is 1. The van der Waals surface area contributed by atoms with E-state index in [-0.39, 0.29) is 6.04 Å². The molecule has 0 aliphatic rings. The number of methoxy groups -OCH3 is 1. The molecule has 0 saturated carbocycles. The van der Waals surface area contributed by atoms with Crippen LogP contribution in [0.15, 0.2) is 103 Å². The summed E-state index contributed by atoms with van der Waals surface area (Å²) in [7, 11) is 1.56. The van der Waals surface area contributed by atoms with Gasteiger partial charge in [0.1, 0.15) is 12.3 Å². The van der Waals surface area contributed by atoms with Crippen molar-refractivity contribution in [3.05, 3.63) is 136 Å². The number of carboxylic acid groups (broad SMARTS) is 1. The van der Waals surface area contributed by atoms with Gasteiger partial charge >= 0.3 is 5.97 Å². The van der Waals surface area contributed by atoms with Gasteiger partial charge in [-0.3, -0.25) is 9.59 Å². The Morgan fingerprint density at radius 1 is 0.897 bits per heavy atom. The molecule has 6 nitrogen and oxygen atoms in total. The Balaban J connectivity index is 1.58. The number of aromatic nitrogens is 1. The lowest BCUT2D eigenvalue weighted by Gasteiger charge is -2.21. The number of fused-ring (bicyclic) bond motifs is 1. The lowest BCUT2D eigenvalue weighted by molar-refractivity contribution is -0.135. The second kappa shape index (κ2) is 11.5. The van der Waals surface area contributed by atoms with Crippen LogP contribution >= 0.6 is 11.6 Å². The maximum absolute atomic E-state index is 12.4. The molecule has 0 spiro atoms. The molecule has 2 N–H and O–H groups in total. The van der Waals surface area contributed by atoms with Gasteiger partial charge in [-0.15, -0.1) is 0 Å². The molecule has 5 rings (SSSR count). The van der Waals surface area contributed by atoms with Gasteiger partial charge in [0, 0.05) is 28.6 Å². The highest BCUT2D eigenvalue weighted by atomic mass is 35.5. The van der Waals surface area contributed by atoms with E-state index in [4.69, 9.17) is 21.4 Å². The van der Waals surface area contributed by atoms with Crippen LogP contribution in [-0.4, -0.2) is 35.2 Å². The van der Waals surface area contributed by atoms with Gasteiger partial charge in [-0.2, -0.15) is 0 Å². The highest BCUT2D eigenvalue weighted by Gasteiger charge is 2.21. The van der Waals surface area contributed by atoms with Crippen molar-refractivity contribution in [2.24, 2.45) is 0 Å². The normalized spacial score (nSPS) is 11.1. The number of carbonyl (C=O) groups is 2. The van der Waals surface area contributed by atoms with E-state index in [2.05, 4.69) is 40.3 Å². The first kappa shape index (κ1) is 26.1. The van der Waals surface area contributed by atoms with Gasteiger partial charge in [-0.1, -0.05) is 84.4 Å². The van der Waals surface area contributed by atoms with Crippen LogP contribution in [0.1, 0.15) is 38.7 Å². The largest absolute Gasteiger partial charge is 0.496 e. The van der Waals surface area contributed by atoms with E-state index in [1.807, 2.05) is 60.7 Å². The first-order valence-electron chi connectivity index (χ1n) is 12.5. The Morgan fingerprint density at radius 2 is 1.56 bits per heavy atom. The molecule has 0 fully saturated rings. The van der Waals surface area contributed by atoms with Crippen molar-refractivity contribution in [2.75, 3.05) is 13.7 Å². The molecule has 1 amide bonds. The van der Waals surface area contributed by atoms with Crippen molar-refractivity contribution in [1.82, 2.24) is 9.88 Å². The van der Waals surface area contributed by atoms with E-state index in [0.717, 1.165) is 33.2 Å². The van der Waals surface area contributed by atoms with Crippen LogP contribution < -0.4 is 10.1 Å². The van der Waals surface area contributed by atoms with E-state index < -0.39 is 18.4 Å². The van der Waals surface area contributed by atoms with Gasteiger partial charge in [0.15, 0.2) is 0 Å². The first-order chi connectivity index (χ1) is 18.9. The highest BCUT2D eigenvalue weighted by Crippen LogP contribution is 2.36. The number of ether oxygens (including phenoxy) is 1. The number of carbonyl (C=O) groups excluding carboxylic acids is 1. The molecule has 5 aromatic rings. The molecule has 0 aliphatic carbocycles. The zero-order valence-corrected chi connectivity index (χ0v) is 22.1. The van der Waals surface area contributed by atoms with Gasteiger partial charge in [0.05, 0.1) is 18.7 Å². The molecule has 0 aliphatic heterocycles. The fraction of sp³-hybridized carbons (Fsp3) is 0.125. The topological polar surface area (TPSA) is 80.6 Å². The Morgan fingerprint density at radius 3 is 2.18 bits per heavy atom. The minimum Gasteiger partial charge on any atom is -0.496 e. The molecule has 196 valence electrons. The van der Waals surface area contributed by atoms with Gasteiger partial charge in [0.2, 0.25) is 0 Å². The molecule has 0 bridgehead atoms. The number of benzene rings is 4. The van der Waals surface area contributed by atoms with Crippen molar-refractivity contribution >= 4 is 34.4 Å². The molecule has 7 heteroatoms. The minimum atomic E-state index is -1.10. The van der Waals surface area contributed by atoms with E-state index in [1.54, 1.807) is 19.2 Å². The van der Waals surface area contributed by atoms with Crippen molar-refractivity contribution in [2.45, 2.75) is 12.5 Å². The fourth-order valence-corrected chi connectivity index (χ4v) is 5.10. The average Bonchev–Trinajstić information content (AvgIpc) is 3.29. The summed E-state index contributed by atoms with van der Waals surface area (Å²) in [5.74, 6) is -1.02. The van der Waals surface area contributed by atoms with E-state index in [0.29, 0.717) is 22.8 Å². The van der Waals surface area contributed by atoms with Gasteiger partial charge in [0.25, 0.3) is 5.91 Å². The van der Waals surface area contributed by atoms with Crippen molar-refractivity contribution in [3.63, 3.8) is 0 Å². The molecule has 1 aromatic heterocycles. The summed E-state index contributed by atoms with van der Waals surface area (Å²) in [5, 5.41) is 13.0. The van der Waals surface area contributed by atoms with Crippen LogP contribution in [0.25, 0.3) is 10.9 Å². The third kappa shape index (κ3) is 5.66. The predicted molar refractivity (Wildman–Crippen MR) is 153 cm³/mol. The van der Waals surface area contributed by atoms with Crippen LogP contribution in [-0.2, 0) is 11.2 Å². The number of hydrogen-bond donors (Lipinski definition) is 2. The lowest BCUT2D eigenvalue weighted by atomic mass is 9.98.